The Kier molecular flexibility index (Phi) is 6.19. The Morgan fingerprint density at radius 2 is 1.79 bits per heavy atom. The molecule has 6 heteroatoms. The molecule has 2 aromatic heterocycles. The monoisotopic (exact) mass is 438 g/mol. The molecular weight excluding hydrogens is 416 g/mol. The van der Waals surface area contributed by atoms with E-state index in [1.165, 1.54) is 5.56 Å². The maximum Gasteiger partial charge on any atom is 0.128 e. The molecule has 0 bridgehead atoms. The van der Waals surface area contributed by atoms with Crippen LogP contribution < -0.4 is 9.64 Å². The lowest BCUT2D eigenvalue weighted by atomic mass is 10.1. The summed E-state index contributed by atoms with van der Waals surface area (Å²) in [5.74, 6) is 1.99. The third-order valence-electron chi connectivity index (χ3n) is 4.89. The number of para-hydroxylation sites is 1. The zero-order valence-corrected chi connectivity index (χ0v) is 17.3. The third-order valence-corrected chi connectivity index (χ3v) is 5.36. The van der Waals surface area contributed by atoms with E-state index in [4.69, 9.17) is 4.74 Å². The highest BCUT2D eigenvalue weighted by Crippen LogP contribution is 2.23. The van der Waals surface area contributed by atoms with E-state index in [2.05, 4.69) is 53.9 Å². The van der Waals surface area contributed by atoms with Crippen molar-refractivity contribution in [2.75, 3.05) is 31.1 Å². The van der Waals surface area contributed by atoms with Crippen molar-refractivity contribution in [2.45, 2.75) is 13.2 Å². The second-order valence-electron chi connectivity index (χ2n) is 6.86. The Hall–Kier alpha value is -2.44. The van der Waals surface area contributed by atoms with Gasteiger partial charge in [0.25, 0.3) is 0 Å². The number of benzene rings is 1. The first-order valence-corrected chi connectivity index (χ1v) is 10.3. The molecule has 1 aliphatic heterocycles. The second-order valence-corrected chi connectivity index (χ2v) is 7.77. The van der Waals surface area contributed by atoms with Crippen molar-refractivity contribution < 1.29 is 4.74 Å². The van der Waals surface area contributed by atoms with Crippen LogP contribution in [0.15, 0.2) is 71.6 Å². The Balaban J connectivity index is 1.34. The fourth-order valence-corrected chi connectivity index (χ4v) is 3.59. The van der Waals surface area contributed by atoms with Crippen LogP contribution in [0.5, 0.6) is 5.75 Å². The predicted octanol–water partition coefficient (Wildman–Crippen LogP) is 4.14. The average molecular weight is 439 g/mol. The van der Waals surface area contributed by atoms with Crippen LogP contribution in [0, 0.1) is 0 Å². The van der Waals surface area contributed by atoms with Gasteiger partial charge < -0.3 is 9.64 Å². The molecule has 0 N–H and O–H groups in total. The van der Waals surface area contributed by atoms with E-state index >= 15 is 0 Å². The molecule has 5 nitrogen and oxygen atoms in total. The number of anilines is 1. The largest absolute Gasteiger partial charge is 0.489 e. The molecular formula is C22H23BrN4O. The normalized spacial score (nSPS) is 14.8. The van der Waals surface area contributed by atoms with E-state index in [1.807, 2.05) is 42.7 Å². The van der Waals surface area contributed by atoms with Crippen molar-refractivity contribution in [3.05, 3.63) is 82.7 Å². The summed E-state index contributed by atoms with van der Waals surface area (Å²) in [5.41, 5.74) is 2.30. The minimum atomic E-state index is 0.536. The smallest absolute Gasteiger partial charge is 0.128 e. The van der Waals surface area contributed by atoms with E-state index in [0.717, 1.165) is 54.3 Å². The van der Waals surface area contributed by atoms with Crippen LogP contribution in [0.1, 0.15) is 11.1 Å². The van der Waals surface area contributed by atoms with E-state index in [0.29, 0.717) is 6.61 Å². The summed E-state index contributed by atoms with van der Waals surface area (Å²) in [4.78, 5) is 13.5. The van der Waals surface area contributed by atoms with Gasteiger partial charge in [-0.1, -0.05) is 24.3 Å². The summed E-state index contributed by atoms with van der Waals surface area (Å²) in [7, 11) is 0. The zero-order valence-electron chi connectivity index (χ0n) is 15.7. The molecule has 0 saturated carbocycles. The van der Waals surface area contributed by atoms with E-state index in [-0.39, 0.29) is 0 Å². The third kappa shape index (κ3) is 4.88. The van der Waals surface area contributed by atoms with Crippen molar-refractivity contribution >= 4 is 21.7 Å². The Morgan fingerprint density at radius 1 is 0.929 bits per heavy atom. The van der Waals surface area contributed by atoms with Gasteiger partial charge >= 0.3 is 0 Å². The number of halogens is 1. The molecule has 28 heavy (non-hydrogen) atoms. The minimum Gasteiger partial charge on any atom is -0.489 e. The standard InChI is InChI=1S/C22H23BrN4O/c23-20-7-8-22(25-15-20)27-12-10-26(11-13-27)16-19-5-1-2-6-21(19)28-17-18-4-3-9-24-14-18/h1-9,14-15H,10-13,16-17H2. The molecule has 4 rings (SSSR count). The maximum atomic E-state index is 6.07. The SMILES string of the molecule is Brc1ccc(N2CCN(Cc3ccccc3OCc3cccnc3)CC2)nc1. The van der Waals surface area contributed by atoms with Gasteiger partial charge in [0.05, 0.1) is 0 Å². The molecule has 3 heterocycles. The first-order chi connectivity index (χ1) is 13.8. The topological polar surface area (TPSA) is 41.5 Å². The number of pyridine rings is 2. The highest BCUT2D eigenvalue weighted by atomic mass is 79.9. The highest BCUT2D eigenvalue weighted by Gasteiger charge is 2.19. The van der Waals surface area contributed by atoms with Crippen molar-refractivity contribution in [3.8, 4) is 5.75 Å². The number of aromatic nitrogens is 2. The van der Waals surface area contributed by atoms with Gasteiger partial charge in [-0.25, -0.2) is 4.98 Å². The van der Waals surface area contributed by atoms with Crippen molar-refractivity contribution in [1.82, 2.24) is 14.9 Å². The molecule has 0 spiro atoms. The average Bonchev–Trinajstić information content (AvgIpc) is 2.75. The highest BCUT2D eigenvalue weighted by molar-refractivity contribution is 9.10. The molecule has 1 fully saturated rings. The van der Waals surface area contributed by atoms with Crippen molar-refractivity contribution in [1.29, 1.82) is 0 Å². The molecule has 0 atom stereocenters. The summed E-state index contributed by atoms with van der Waals surface area (Å²) >= 11 is 3.45. The second kappa shape index (κ2) is 9.17. The van der Waals surface area contributed by atoms with Crippen LogP contribution in [0.25, 0.3) is 0 Å². The van der Waals surface area contributed by atoms with Crippen molar-refractivity contribution in [3.63, 3.8) is 0 Å². The van der Waals surface area contributed by atoms with Crippen LogP contribution in [0.2, 0.25) is 0 Å². The summed E-state index contributed by atoms with van der Waals surface area (Å²) < 4.78 is 7.09. The number of nitrogens with zero attached hydrogens (tertiary/aromatic N) is 4. The first kappa shape index (κ1) is 18.9. The maximum absolute atomic E-state index is 6.07. The van der Waals surface area contributed by atoms with Gasteiger partial charge in [-0.15, -0.1) is 0 Å². The van der Waals surface area contributed by atoms with Gasteiger partial charge in [-0.05, 0) is 40.2 Å². The summed E-state index contributed by atoms with van der Waals surface area (Å²) in [6.07, 6.45) is 5.48. The van der Waals surface area contributed by atoms with Gasteiger partial charge in [0, 0.05) is 66.9 Å². The van der Waals surface area contributed by atoms with Gasteiger partial charge in [0.1, 0.15) is 18.2 Å². The molecule has 0 amide bonds. The molecule has 3 aromatic rings. The molecule has 0 aliphatic carbocycles. The van der Waals surface area contributed by atoms with Gasteiger partial charge in [0.15, 0.2) is 0 Å². The Morgan fingerprint density at radius 3 is 2.54 bits per heavy atom. The fourth-order valence-electron chi connectivity index (χ4n) is 3.35. The van der Waals surface area contributed by atoms with Gasteiger partial charge in [0.2, 0.25) is 0 Å². The molecule has 1 aliphatic rings. The number of hydrogen-bond donors (Lipinski definition) is 0. The predicted molar refractivity (Wildman–Crippen MR) is 114 cm³/mol. The van der Waals surface area contributed by atoms with E-state index in [1.54, 1.807) is 6.20 Å². The number of piperazine rings is 1. The molecule has 1 aromatic carbocycles. The quantitative estimate of drug-likeness (QED) is 0.578. The van der Waals surface area contributed by atoms with Crippen LogP contribution in [0.3, 0.4) is 0 Å². The van der Waals surface area contributed by atoms with Crippen LogP contribution in [-0.2, 0) is 13.2 Å². The number of rotatable bonds is 6. The van der Waals surface area contributed by atoms with Crippen LogP contribution in [-0.4, -0.2) is 41.0 Å². The van der Waals surface area contributed by atoms with Crippen LogP contribution in [0.4, 0.5) is 5.82 Å². The molecule has 0 radical (unpaired) electrons. The summed E-state index contributed by atoms with van der Waals surface area (Å²) in [6, 6.07) is 16.4. The number of ether oxygens (including phenoxy) is 1. The summed E-state index contributed by atoms with van der Waals surface area (Å²) in [6.45, 7) is 5.41. The van der Waals surface area contributed by atoms with Gasteiger partial charge in [-0.3, -0.25) is 9.88 Å². The van der Waals surface area contributed by atoms with Crippen LogP contribution >= 0.6 is 15.9 Å². The zero-order chi connectivity index (χ0) is 19.2. The van der Waals surface area contributed by atoms with Crippen molar-refractivity contribution in [2.24, 2.45) is 0 Å². The first-order valence-electron chi connectivity index (χ1n) is 9.46. The Labute approximate surface area is 174 Å². The summed E-state index contributed by atoms with van der Waals surface area (Å²) in [5, 5.41) is 0. The Bertz CT molecular complexity index is 881. The fraction of sp³-hybridized carbons (Fsp3) is 0.273. The molecule has 144 valence electrons. The lowest BCUT2D eigenvalue weighted by Gasteiger charge is -2.35. The number of hydrogen-bond acceptors (Lipinski definition) is 5. The van der Waals surface area contributed by atoms with E-state index in [9.17, 15) is 0 Å². The van der Waals surface area contributed by atoms with E-state index < -0.39 is 0 Å². The minimum absolute atomic E-state index is 0.536. The molecule has 1 saturated heterocycles. The lowest BCUT2D eigenvalue weighted by molar-refractivity contribution is 0.240. The molecule has 0 unspecified atom stereocenters. The van der Waals surface area contributed by atoms with Gasteiger partial charge in [-0.2, -0.15) is 0 Å². The lowest BCUT2D eigenvalue weighted by Crippen LogP contribution is -2.46.